The summed E-state index contributed by atoms with van der Waals surface area (Å²) in [6.07, 6.45) is 0. The van der Waals surface area contributed by atoms with Gasteiger partial charge in [-0.05, 0) is 56.2 Å². The summed E-state index contributed by atoms with van der Waals surface area (Å²) in [6.45, 7) is 7.61. The lowest BCUT2D eigenvalue weighted by Crippen LogP contribution is -2.47. The molecule has 0 saturated carbocycles. The number of benzene rings is 2. The van der Waals surface area contributed by atoms with Crippen LogP contribution in [0.25, 0.3) is 0 Å². The smallest absolute Gasteiger partial charge is 0.251 e. The van der Waals surface area contributed by atoms with Crippen LogP contribution in [-0.4, -0.2) is 30.2 Å². The van der Waals surface area contributed by atoms with E-state index in [0.29, 0.717) is 29.2 Å². The van der Waals surface area contributed by atoms with E-state index in [4.69, 9.17) is 4.74 Å². The maximum atomic E-state index is 12.7. The summed E-state index contributed by atoms with van der Waals surface area (Å²) >= 11 is 0. The second-order valence-corrected chi connectivity index (χ2v) is 6.78. The average Bonchev–Trinajstić information content (AvgIpc) is 2.66. The van der Waals surface area contributed by atoms with Gasteiger partial charge in [0.2, 0.25) is 5.91 Å². The number of carbonyl (C=O) groups excluding carboxylic acids is 3. The molecule has 6 heteroatoms. The fourth-order valence-corrected chi connectivity index (χ4v) is 2.66. The summed E-state index contributed by atoms with van der Waals surface area (Å²) in [6, 6.07) is 12.7. The van der Waals surface area contributed by atoms with Gasteiger partial charge in [0.1, 0.15) is 11.8 Å². The number of hydrogen-bond acceptors (Lipinski definition) is 4. The van der Waals surface area contributed by atoms with Crippen molar-refractivity contribution in [3.05, 3.63) is 59.7 Å². The molecule has 0 aromatic heterocycles. The summed E-state index contributed by atoms with van der Waals surface area (Å²) in [4.78, 5) is 36.8. The standard InChI is InChI=1S/C22H26N2O4/c1-5-28-19-11-9-16(10-12-19)21(26)24-20(14(2)3)22(27)23-18-8-6-7-17(13-18)15(4)25/h6-14,20H,5H2,1-4H3,(H,23,27)(H,24,26). The van der Waals surface area contributed by atoms with Gasteiger partial charge >= 0.3 is 0 Å². The third-order valence-corrected chi connectivity index (χ3v) is 4.20. The second kappa shape index (κ2) is 9.69. The van der Waals surface area contributed by atoms with Crippen LogP contribution in [0.2, 0.25) is 0 Å². The Morgan fingerprint density at radius 3 is 2.25 bits per heavy atom. The molecule has 2 aromatic carbocycles. The van der Waals surface area contributed by atoms with E-state index < -0.39 is 6.04 Å². The largest absolute Gasteiger partial charge is 0.494 e. The predicted octanol–water partition coefficient (Wildman–Crippen LogP) is 3.68. The van der Waals surface area contributed by atoms with Crippen molar-refractivity contribution in [3.63, 3.8) is 0 Å². The van der Waals surface area contributed by atoms with Crippen LogP contribution in [0, 0.1) is 5.92 Å². The van der Waals surface area contributed by atoms with Gasteiger partial charge in [-0.2, -0.15) is 0 Å². The fraction of sp³-hybridized carbons (Fsp3) is 0.318. The zero-order valence-electron chi connectivity index (χ0n) is 16.6. The van der Waals surface area contributed by atoms with Gasteiger partial charge in [-0.25, -0.2) is 0 Å². The Kier molecular flexibility index (Phi) is 7.32. The van der Waals surface area contributed by atoms with Gasteiger partial charge in [0.25, 0.3) is 5.91 Å². The van der Waals surface area contributed by atoms with Crippen LogP contribution in [0.3, 0.4) is 0 Å². The molecule has 1 atom stereocenters. The van der Waals surface area contributed by atoms with Gasteiger partial charge in [-0.3, -0.25) is 14.4 Å². The Labute approximate surface area is 165 Å². The Bertz CT molecular complexity index is 844. The molecule has 2 rings (SSSR count). The van der Waals surface area contributed by atoms with Crippen molar-refractivity contribution in [1.29, 1.82) is 0 Å². The second-order valence-electron chi connectivity index (χ2n) is 6.78. The Morgan fingerprint density at radius 2 is 1.68 bits per heavy atom. The summed E-state index contributed by atoms with van der Waals surface area (Å²) in [5.41, 5.74) is 1.47. The molecule has 0 radical (unpaired) electrons. The number of ketones is 1. The highest BCUT2D eigenvalue weighted by molar-refractivity contribution is 6.02. The van der Waals surface area contributed by atoms with Gasteiger partial charge < -0.3 is 15.4 Å². The first kappa shape index (κ1) is 21.2. The number of ether oxygens (including phenoxy) is 1. The zero-order valence-corrected chi connectivity index (χ0v) is 16.6. The van der Waals surface area contributed by atoms with Crippen LogP contribution < -0.4 is 15.4 Å². The molecule has 0 heterocycles. The van der Waals surface area contributed by atoms with E-state index in [1.165, 1.54) is 6.92 Å². The van der Waals surface area contributed by atoms with Crippen LogP contribution in [-0.2, 0) is 4.79 Å². The first-order chi connectivity index (χ1) is 13.3. The quantitative estimate of drug-likeness (QED) is 0.682. The van der Waals surface area contributed by atoms with Crippen LogP contribution in [0.4, 0.5) is 5.69 Å². The lowest BCUT2D eigenvalue weighted by molar-refractivity contribution is -0.118. The predicted molar refractivity (Wildman–Crippen MR) is 109 cm³/mol. The van der Waals surface area contributed by atoms with E-state index in [9.17, 15) is 14.4 Å². The fourth-order valence-electron chi connectivity index (χ4n) is 2.66. The Morgan fingerprint density at radius 1 is 1.00 bits per heavy atom. The van der Waals surface area contributed by atoms with E-state index in [2.05, 4.69) is 10.6 Å². The molecule has 2 N–H and O–H groups in total. The molecule has 2 aromatic rings. The van der Waals surface area contributed by atoms with Crippen molar-refractivity contribution in [2.75, 3.05) is 11.9 Å². The van der Waals surface area contributed by atoms with Gasteiger partial charge in [0.15, 0.2) is 5.78 Å². The molecule has 0 aliphatic heterocycles. The van der Waals surface area contributed by atoms with Crippen LogP contribution in [0.5, 0.6) is 5.75 Å². The highest BCUT2D eigenvalue weighted by atomic mass is 16.5. The Hall–Kier alpha value is -3.15. The van der Waals surface area contributed by atoms with Crippen LogP contribution in [0.1, 0.15) is 48.4 Å². The normalized spacial score (nSPS) is 11.6. The number of nitrogens with one attached hydrogen (secondary N) is 2. The third-order valence-electron chi connectivity index (χ3n) is 4.20. The van der Waals surface area contributed by atoms with Gasteiger partial charge in [-0.1, -0.05) is 26.0 Å². The first-order valence-electron chi connectivity index (χ1n) is 9.27. The number of Topliss-reactive ketones (excluding diaryl/α,β-unsaturated/α-hetero) is 1. The molecule has 148 valence electrons. The van der Waals surface area contributed by atoms with Crippen molar-refractivity contribution in [1.82, 2.24) is 5.32 Å². The minimum Gasteiger partial charge on any atom is -0.494 e. The van der Waals surface area contributed by atoms with Crippen molar-refractivity contribution in [2.24, 2.45) is 5.92 Å². The number of anilines is 1. The molecule has 2 amide bonds. The molecule has 1 unspecified atom stereocenters. The van der Waals surface area contributed by atoms with Gasteiger partial charge in [-0.15, -0.1) is 0 Å². The monoisotopic (exact) mass is 382 g/mol. The minimum absolute atomic E-state index is 0.0830. The lowest BCUT2D eigenvalue weighted by Gasteiger charge is -2.22. The molecule has 6 nitrogen and oxygen atoms in total. The third kappa shape index (κ3) is 5.67. The topological polar surface area (TPSA) is 84.5 Å². The molecular weight excluding hydrogens is 356 g/mol. The molecule has 0 aliphatic carbocycles. The molecule has 0 fully saturated rings. The maximum absolute atomic E-state index is 12.7. The summed E-state index contributed by atoms with van der Waals surface area (Å²) < 4.78 is 5.37. The van der Waals surface area contributed by atoms with E-state index >= 15 is 0 Å². The first-order valence-corrected chi connectivity index (χ1v) is 9.27. The van der Waals surface area contributed by atoms with Crippen molar-refractivity contribution >= 4 is 23.3 Å². The van der Waals surface area contributed by atoms with E-state index in [1.54, 1.807) is 48.5 Å². The van der Waals surface area contributed by atoms with E-state index in [-0.39, 0.29) is 23.5 Å². The van der Waals surface area contributed by atoms with E-state index in [1.807, 2.05) is 20.8 Å². The number of carbonyl (C=O) groups is 3. The minimum atomic E-state index is -0.722. The van der Waals surface area contributed by atoms with Crippen LogP contribution in [0.15, 0.2) is 48.5 Å². The Balaban J connectivity index is 2.09. The summed E-state index contributed by atoms with van der Waals surface area (Å²) in [7, 11) is 0. The van der Waals surface area contributed by atoms with Crippen molar-refractivity contribution in [3.8, 4) is 5.75 Å². The number of amides is 2. The highest BCUT2D eigenvalue weighted by Gasteiger charge is 2.25. The van der Waals surface area contributed by atoms with E-state index in [0.717, 1.165) is 0 Å². The number of rotatable bonds is 8. The zero-order chi connectivity index (χ0) is 20.7. The SMILES string of the molecule is CCOc1ccc(C(=O)NC(C(=O)Nc2cccc(C(C)=O)c2)C(C)C)cc1. The molecule has 0 bridgehead atoms. The molecule has 0 spiro atoms. The van der Waals surface area contributed by atoms with Gasteiger partial charge in [0, 0.05) is 16.8 Å². The lowest BCUT2D eigenvalue weighted by atomic mass is 10.0. The molecular formula is C22H26N2O4. The van der Waals surface area contributed by atoms with Crippen molar-refractivity contribution < 1.29 is 19.1 Å². The number of hydrogen-bond donors (Lipinski definition) is 2. The molecule has 0 saturated heterocycles. The van der Waals surface area contributed by atoms with Crippen LogP contribution >= 0.6 is 0 Å². The highest BCUT2D eigenvalue weighted by Crippen LogP contribution is 2.15. The van der Waals surface area contributed by atoms with Gasteiger partial charge in [0.05, 0.1) is 6.61 Å². The summed E-state index contributed by atoms with van der Waals surface area (Å²) in [5, 5.41) is 5.56. The molecule has 28 heavy (non-hydrogen) atoms. The maximum Gasteiger partial charge on any atom is 0.251 e. The van der Waals surface area contributed by atoms with Crippen molar-refractivity contribution in [2.45, 2.75) is 33.7 Å². The average molecular weight is 382 g/mol. The molecule has 0 aliphatic rings. The summed E-state index contributed by atoms with van der Waals surface area (Å²) in [5.74, 6) is -0.199.